The molecule has 5 nitrogen and oxygen atoms in total. The Morgan fingerprint density at radius 1 is 1.08 bits per heavy atom. The monoisotopic (exact) mass is 327 g/mol. The van der Waals surface area contributed by atoms with Crippen LogP contribution >= 0.6 is 0 Å². The first-order valence-corrected chi connectivity index (χ1v) is 7.54. The Labute approximate surface area is 141 Å². The maximum atomic E-state index is 12.0. The van der Waals surface area contributed by atoms with Crippen LogP contribution in [-0.4, -0.2) is 25.9 Å². The molecule has 0 aromatic heterocycles. The number of hydrogen-bond acceptors (Lipinski definition) is 5. The molecule has 0 saturated heterocycles. The van der Waals surface area contributed by atoms with Crippen molar-refractivity contribution >= 4 is 11.7 Å². The van der Waals surface area contributed by atoms with Gasteiger partial charge < -0.3 is 14.3 Å². The second kappa shape index (κ2) is 8.15. The second-order valence-corrected chi connectivity index (χ2v) is 5.33. The summed E-state index contributed by atoms with van der Waals surface area (Å²) in [6.07, 6.45) is 0. The molecule has 5 heteroatoms. The van der Waals surface area contributed by atoms with Gasteiger partial charge in [-0.15, -0.1) is 0 Å². The van der Waals surface area contributed by atoms with Crippen molar-refractivity contribution in [3.63, 3.8) is 0 Å². The maximum Gasteiger partial charge on any atom is 0.360 e. The van der Waals surface area contributed by atoms with Crippen molar-refractivity contribution in [2.75, 3.05) is 14.2 Å². The maximum absolute atomic E-state index is 12.0. The van der Waals surface area contributed by atoms with E-state index in [0.717, 1.165) is 22.4 Å². The highest BCUT2D eigenvalue weighted by atomic mass is 16.6. The third-order valence-electron chi connectivity index (χ3n) is 3.56. The number of benzene rings is 2. The van der Waals surface area contributed by atoms with Crippen molar-refractivity contribution in [2.45, 2.75) is 20.5 Å². The fourth-order valence-electron chi connectivity index (χ4n) is 2.28. The number of nitrogens with zero attached hydrogens (tertiary/aromatic N) is 1. The first-order chi connectivity index (χ1) is 11.6. The highest BCUT2D eigenvalue weighted by Gasteiger charge is 2.19. The van der Waals surface area contributed by atoms with Gasteiger partial charge in [-0.2, -0.15) is 0 Å². The smallest absolute Gasteiger partial charge is 0.360 e. The van der Waals surface area contributed by atoms with Crippen LogP contribution in [0.25, 0.3) is 0 Å². The molecule has 2 aromatic carbocycles. The summed E-state index contributed by atoms with van der Waals surface area (Å²) in [5.41, 5.74) is 3.73. The zero-order valence-corrected chi connectivity index (χ0v) is 14.3. The fourth-order valence-corrected chi connectivity index (χ4v) is 2.28. The molecule has 0 aliphatic rings. The van der Waals surface area contributed by atoms with E-state index in [9.17, 15) is 4.79 Å². The van der Waals surface area contributed by atoms with Gasteiger partial charge in [0, 0.05) is 5.56 Å². The van der Waals surface area contributed by atoms with E-state index < -0.39 is 5.97 Å². The molecule has 0 spiro atoms. The Bertz CT molecular complexity index is 753. The molecular weight excluding hydrogens is 306 g/mol. The van der Waals surface area contributed by atoms with Gasteiger partial charge in [-0.3, -0.25) is 0 Å². The van der Waals surface area contributed by atoms with Gasteiger partial charge >= 0.3 is 5.97 Å². The van der Waals surface area contributed by atoms with Gasteiger partial charge in [-0.1, -0.05) is 41.6 Å². The Morgan fingerprint density at radius 3 is 2.54 bits per heavy atom. The summed E-state index contributed by atoms with van der Waals surface area (Å²) in [6.45, 7) is 4.31. The van der Waals surface area contributed by atoms with E-state index in [1.807, 2.05) is 50.2 Å². The van der Waals surface area contributed by atoms with Gasteiger partial charge in [-0.25, -0.2) is 4.79 Å². The number of rotatable bonds is 6. The van der Waals surface area contributed by atoms with Crippen LogP contribution in [0.15, 0.2) is 47.6 Å². The SMILES string of the molecule is CO/N=C(/C(=O)OC)c1ccccc1COc1cc(C)ccc1C. The van der Waals surface area contributed by atoms with Gasteiger partial charge in [0.15, 0.2) is 5.71 Å². The average Bonchev–Trinajstić information content (AvgIpc) is 2.60. The summed E-state index contributed by atoms with van der Waals surface area (Å²) in [7, 11) is 2.70. The molecule has 0 fully saturated rings. The lowest BCUT2D eigenvalue weighted by molar-refractivity contribution is -0.132. The normalized spacial score (nSPS) is 11.1. The van der Waals surface area contributed by atoms with Crippen LogP contribution in [-0.2, 0) is 21.0 Å². The number of esters is 1. The zero-order chi connectivity index (χ0) is 17.5. The summed E-state index contributed by atoms with van der Waals surface area (Å²) in [4.78, 5) is 16.7. The van der Waals surface area contributed by atoms with Crippen LogP contribution in [0.1, 0.15) is 22.3 Å². The van der Waals surface area contributed by atoms with Crippen molar-refractivity contribution < 1.29 is 19.1 Å². The molecule has 0 amide bonds. The molecule has 0 atom stereocenters. The lowest BCUT2D eigenvalue weighted by Gasteiger charge is -2.13. The quantitative estimate of drug-likeness (QED) is 0.463. The number of oxime groups is 1. The van der Waals surface area contributed by atoms with Gasteiger partial charge in [0.05, 0.1) is 7.11 Å². The summed E-state index contributed by atoms with van der Waals surface area (Å²) >= 11 is 0. The molecule has 0 bridgehead atoms. The van der Waals surface area contributed by atoms with E-state index in [-0.39, 0.29) is 5.71 Å². The van der Waals surface area contributed by atoms with Crippen molar-refractivity contribution in [1.82, 2.24) is 0 Å². The zero-order valence-electron chi connectivity index (χ0n) is 14.3. The summed E-state index contributed by atoms with van der Waals surface area (Å²) in [6, 6.07) is 13.4. The van der Waals surface area contributed by atoms with Crippen molar-refractivity contribution in [2.24, 2.45) is 5.16 Å². The van der Waals surface area contributed by atoms with Gasteiger partial charge in [0.25, 0.3) is 0 Å². The molecule has 24 heavy (non-hydrogen) atoms. The molecule has 0 aliphatic carbocycles. The minimum absolute atomic E-state index is 0.111. The van der Waals surface area contributed by atoms with E-state index >= 15 is 0 Å². The third kappa shape index (κ3) is 4.13. The van der Waals surface area contributed by atoms with Crippen LogP contribution in [0.5, 0.6) is 5.75 Å². The highest BCUT2D eigenvalue weighted by molar-refractivity contribution is 6.43. The highest BCUT2D eigenvalue weighted by Crippen LogP contribution is 2.21. The van der Waals surface area contributed by atoms with Crippen molar-refractivity contribution in [1.29, 1.82) is 0 Å². The minimum Gasteiger partial charge on any atom is -0.489 e. The van der Waals surface area contributed by atoms with E-state index in [0.29, 0.717) is 12.2 Å². The Balaban J connectivity index is 2.30. The summed E-state index contributed by atoms with van der Waals surface area (Å²) < 4.78 is 10.7. The molecule has 126 valence electrons. The third-order valence-corrected chi connectivity index (χ3v) is 3.56. The lowest BCUT2D eigenvalue weighted by Crippen LogP contribution is -2.19. The molecule has 0 N–H and O–H groups in total. The minimum atomic E-state index is -0.559. The average molecular weight is 327 g/mol. The fraction of sp³-hybridized carbons (Fsp3) is 0.263. The van der Waals surface area contributed by atoms with Crippen LogP contribution in [0, 0.1) is 13.8 Å². The van der Waals surface area contributed by atoms with Crippen LogP contribution in [0.3, 0.4) is 0 Å². The van der Waals surface area contributed by atoms with E-state index in [2.05, 4.69) is 5.16 Å². The number of hydrogen-bond donors (Lipinski definition) is 0. The molecular formula is C19H21NO4. The number of carbonyl (C=O) groups excluding carboxylic acids is 1. The van der Waals surface area contributed by atoms with Crippen molar-refractivity contribution in [3.8, 4) is 5.75 Å². The number of carbonyl (C=O) groups is 1. The molecule has 2 aromatic rings. The molecule has 2 rings (SSSR count). The van der Waals surface area contributed by atoms with Crippen LogP contribution < -0.4 is 4.74 Å². The molecule has 0 heterocycles. The predicted octanol–water partition coefficient (Wildman–Crippen LogP) is 3.41. The Morgan fingerprint density at radius 2 is 1.83 bits per heavy atom. The standard InChI is InChI=1S/C19H21NO4/c1-13-9-10-14(2)17(11-13)24-12-15-7-5-6-8-16(15)18(20-23-4)19(21)22-3/h5-11H,12H2,1-4H3/b20-18+. The summed E-state index contributed by atoms with van der Waals surface area (Å²) in [5.74, 6) is 0.254. The van der Waals surface area contributed by atoms with E-state index in [4.69, 9.17) is 14.3 Å². The topological polar surface area (TPSA) is 57.1 Å². The van der Waals surface area contributed by atoms with Gasteiger partial charge in [0.1, 0.15) is 19.5 Å². The van der Waals surface area contributed by atoms with Crippen LogP contribution in [0.2, 0.25) is 0 Å². The summed E-state index contributed by atoms with van der Waals surface area (Å²) in [5, 5.41) is 3.80. The van der Waals surface area contributed by atoms with Crippen LogP contribution in [0.4, 0.5) is 0 Å². The molecule has 0 saturated carbocycles. The first-order valence-electron chi connectivity index (χ1n) is 7.54. The van der Waals surface area contributed by atoms with Gasteiger partial charge in [-0.05, 0) is 36.6 Å². The van der Waals surface area contributed by atoms with Gasteiger partial charge in [0.2, 0.25) is 0 Å². The van der Waals surface area contributed by atoms with E-state index in [1.165, 1.54) is 14.2 Å². The number of methoxy groups -OCH3 is 1. The Hall–Kier alpha value is -2.82. The van der Waals surface area contributed by atoms with E-state index in [1.54, 1.807) is 6.07 Å². The molecule has 0 unspecified atom stereocenters. The predicted molar refractivity (Wildman–Crippen MR) is 92.3 cm³/mol. The number of ether oxygens (including phenoxy) is 2. The molecule has 0 aliphatic heterocycles. The first kappa shape index (κ1) is 17.5. The largest absolute Gasteiger partial charge is 0.489 e. The lowest BCUT2D eigenvalue weighted by atomic mass is 10.0. The second-order valence-electron chi connectivity index (χ2n) is 5.33. The molecule has 0 radical (unpaired) electrons. The van der Waals surface area contributed by atoms with Crippen molar-refractivity contribution in [3.05, 3.63) is 64.7 Å². The number of aryl methyl sites for hydroxylation is 2. The Kier molecular flexibility index (Phi) is 5.95.